The van der Waals surface area contributed by atoms with Crippen molar-refractivity contribution in [2.75, 3.05) is 19.0 Å². The van der Waals surface area contributed by atoms with E-state index in [0.29, 0.717) is 26.0 Å². The number of rotatable bonds is 11. The molecule has 1 unspecified atom stereocenters. The van der Waals surface area contributed by atoms with Crippen molar-refractivity contribution in [1.82, 2.24) is 10.2 Å². The third-order valence-corrected chi connectivity index (χ3v) is 5.20. The molecule has 142 valence electrons. The molecule has 0 saturated heterocycles. The highest BCUT2D eigenvalue weighted by Crippen LogP contribution is 2.39. The SMILES string of the molecule is C=C1c2cccc(OCCCCCBr)c2CN1C(CCC=O)C(=O)NC. The summed E-state index contributed by atoms with van der Waals surface area (Å²) in [6, 6.07) is 5.54. The highest BCUT2D eigenvalue weighted by Gasteiger charge is 2.33. The van der Waals surface area contributed by atoms with E-state index in [4.69, 9.17) is 4.74 Å². The molecule has 0 aliphatic carbocycles. The topological polar surface area (TPSA) is 58.6 Å². The molecule has 0 spiro atoms. The van der Waals surface area contributed by atoms with E-state index in [-0.39, 0.29) is 5.91 Å². The van der Waals surface area contributed by atoms with Crippen molar-refractivity contribution in [3.63, 3.8) is 0 Å². The van der Waals surface area contributed by atoms with Crippen molar-refractivity contribution < 1.29 is 14.3 Å². The van der Waals surface area contributed by atoms with Crippen LogP contribution in [0.4, 0.5) is 0 Å². The second-order valence-corrected chi connectivity index (χ2v) is 7.12. The average molecular weight is 423 g/mol. The predicted octanol–water partition coefficient (Wildman–Crippen LogP) is 3.51. The maximum atomic E-state index is 12.3. The first-order valence-electron chi connectivity index (χ1n) is 9.05. The molecular formula is C20H27BrN2O3. The summed E-state index contributed by atoms with van der Waals surface area (Å²) in [5, 5.41) is 3.71. The number of unbranched alkanes of at least 4 members (excludes halogenated alkanes) is 2. The minimum absolute atomic E-state index is 0.0990. The number of hydrogen-bond acceptors (Lipinski definition) is 4. The van der Waals surface area contributed by atoms with Crippen LogP contribution in [0.5, 0.6) is 5.75 Å². The van der Waals surface area contributed by atoms with Crippen LogP contribution >= 0.6 is 15.9 Å². The number of alkyl halides is 1. The molecule has 5 nitrogen and oxygen atoms in total. The van der Waals surface area contributed by atoms with Gasteiger partial charge in [-0.1, -0.05) is 34.6 Å². The van der Waals surface area contributed by atoms with E-state index in [1.807, 2.05) is 23.1 Å². The fraction of sp³-hybridized carbons (Fsp3) is 0.500. The summed E-state index contributed by atoms with van der Waals surface area (Å²) < 4.78 is 6.00. The number of ether oxygens (including phenoxy) is 1. The number of benzene rings is 1. The lowest BCUT2D eigenvalue weighted by Gasteiger charge is -2.28. The van der Waals surface area contributed by atoms with Crippen molar-refractivity contribution in [1.29, 1.82) is 0 Å². The van der Waals surface area contributed by atoms with Crippen molar-refractivity contribution in [3.8, 4) is 5.75 Å². The van der Waals surface area contributed by atoms with Gasteiger partial charge >= 0.3 is 0 Å². The Hall–Kier alpha value is -1.82. The lowest BCUT2D eigenvalue weighted by atomic mass is 10.1. The van der Waals surface area contributed by atoms with Crippen molar-refractivity contribution in [2.24, 2.45) is 0 Å². The van der Waals surface area contributed by atoms with Crippen LogP contribution in [0, 0.1) is 0 Å². The third kappa shape index (κ3) is 4.87. The number of nitrogens with one attached hydrogen (secondary N) is 1. The summed E-state index contributed by atoms with van der Waals surface area (Å²) in [7, 11) is 1.61. The molecular weight excluding hydrogens is 396 g/mol. The van der Waals surface area contributed by atoms with Gasteiger partial charge in [0.05, 0.1) is 6.61 Å². The molecule has 1 amide bonds. The van der Waals surface area contributed by atoms with E-state index in [0.717, 1.165) is 53.5 Å². The zero-order valence-corrected chi connectivity index (χ0v) is 16.9. The smallest absolute Gasteiger partial charge is 0.242 e. The first kappa shape index (κ1) is 20.5. The largest absolute Gasteiger partial charge is 0.493 e. The van der Waals surface area contributed by atoms with E-state index in [2.05, 4.69) is 27.8 Å². The summed E-state index contributed by atoms with van der Waals surface area (Å²) in [5.41, 5.74) is 2.89. The molecule has 0 bridgehead atoms. The van der Waals surface area contributed by atoms with Crippen LogP contribution < -0.4 is 10.1 Å². The molecule has 0 aromatic heterocycles. The number of likely N-dealkylation sites (N-methyl/N-ethyl adjacent to an activating group) is 1. The number of carbonyl (C=O) groups is 2. The molecule has 0 saturated carbocycles. The summed E-state index contributed by atoms with van der Waals surface area (Å²) in [4.78, 5) is 25.1. The maximum Gasteiger partial charge on any atom is 0.242 e. The summed E-state index contributed by atoms with van der Waals surface area (Å²) in [6.45, 7) is 5.43. The Labute approximate surface area is 163 Å². The van der Waals surface area contributed by atoms with Crippen LogP contribution in [0.25, 0.3) is 5.70 Å². The Morgan fingerprint density at radius 3 is 2.92 bits per heavy atom. The zero-order valence-electron chi connectivity index (χ0n) is 15.3. The number of nitrogens with zero attached hydrogens (tertiary/aromatic N) is 1. The van der Waals surface area contributed by atoms with Gasteiger partial charge in [-0.05, 0) is 31.7 Å². The lowest BCUT2D eigenvalue weighted by Crippen LogP contribution is -2.43. The predicted molar refractivity (Wildman–Crippen MR) is 107 cm³/mol. The fourth-order valence-corrected chi connectivity index (χ4v) is 3.63. The molecule has 1 aromatic carbocycles. The first-order chi connectivity index (χ1) is 12.6. The second-order valence-electron chi connectivity index (χ2n) is 6.33. The summed E-state index contributed by atoms with van der Waals surface area (Å²) in [6.07, 6.45) is 4.95. The molecule has 26 heavy (non-hydrogen) atoms. The van der Waals surface area contributed by atoms with Crippen LogP contribution in [0.2, 0.25) is 0 Å². The van der Waals surface area contributed by atoms with Gasteiger partial charge in [0.15, 0.2) is 0 Å². The van der Waals surface area contributed by atoms with E-state index in [1.54, 1.807) is 7.05 Å². The number of carbonyl (C=O) groups excluding carboxylic acids is 2. The number of hydrogen-bond donors (Lipinski definition) is 1. The fourth-order valence-electron chi connectivity index (χ4n) is 3.23. The van der Waals surface area contributed by atoms with Crippen LogP contribution in [-0.4, -0.2) is 42.1 Å². The molecule has 2 rings (SSSR count). The number of amides is 1. The van der Waals surface area contributed by atoms with Gasteiger partial charge in [-0.25, -0.2) is 0 Å². The van der Waals surface area contributed by atoms with Crippen molar-refractivity contribution in [3.05, 3.63) is 35.9 Å². The summed E-state index contributed by atoms with van der Waals surface area (Å²) in [5.74, 6) is 0.758. The average Bonchev–Trinajstić information content (AvgIpc) is 2.99. The molecule has 1 aliphatic heterocycles. The van der Waals surface area contributed by atoms with Crippen LogP contribution in [-0.2, 0) is 16.1 Å². The van der Waals surface area contributed by atoms with E-state index >= 15 is 0 Å². The van der Waals surface area contributed by atoms with Gasteiger partial charge in [0.2, 0.25) is 5.91 Å². The maximum absolute atomic E-state index is 12.3. The van der Waals surface area contributed by atoms with E-state index in [9.17, 15) is 9.59 Å². The van der Waals surface area contributed by atoms with Gasteiger partial charge in [0.1, 0.15) is 18.1 Å². The first-order valence-corrected chi connectivity index (χ1v) is 10.2. The molecule has 1 atom stereocenters. The van der Waals surface area contributed by atoms with E-state index < -0.39 is 6.04 Å². The molecule has 0 radical (unpaired) electrons. The zero-order chi connectivity index (χ0) is 18.9. The van der Waals surface area contributed by atoms with Crippen molar-refractivity contribution >= 4 is 33.8 Å². The Balaban J connectivity index is 2.12. The highest BCUT2D eigenvalue weighted by atomic mass is 79.9. The van der Waals surface area contributed by atoms with Gasteiger partial charge in [0.25, 0.3) is 0 Å². The Kier molecular flexibility index (Phi) is 8.16. The lowest BCUT2D eigenvalue weighted by molar-refractivity contribution is -0.125. The Morgan fingerprint density at radius 1 is 1.42 bits per heavy atom. The standard InChI is InChI=1S/C20H27BrN2O3/c1-15-16-8-6-10-19(26-13-5-3-4-11-21)17(16)14-23(15)18(9-7-12-24)20(25)22-2/h6,8,10,12,18H,1,3-5,7,9,11,13-14H2,2H3,(H,22,25). The van der Waals surface area contributed by atoms with Gasteiger partial charge in [-0.15, -0.1) is 0 Å². The Bertz CT molecular complexity index is 648. The van der Waals surface area contributed by atoms with Crippen molar-refractivity contribution in [2.45, 2.75) is 44.7 Å². The molecule has 1 aromatic rings. The van der Waals surface area contributed by atoms with Gasteiger partial charge in [-0.3, -0.25) is 4.79 Å². The molecule has 6 heteroatoms. The number of aldehydes is 1. The molecule has 1 aliphatic rings. The van der Waals surface area contributed by atoms with Gasteiger partial charge in [0, 0.05) is 42.2 Å². The quantitative estimate of drug-likeness (QED) is 0.336. The minimum atomic E-state index is -0.406. The Morgan fingerprint density at radius 2 is 2.23 bits per heavy atom. The molecule has 1 N–H and O–H groups in total. The monoisotopic (exact) mass is 422 g/mol. The minimum Gasteiger partial charge on any atom is -0.493 e. The van der Waals surface area contributed by atoms with Crippen LogP contribution in [0.3, 0.4) is 0 Å². The third-order valence-electron chi connectivity index (χ3n) is 4.64. The highest BCUT2D eigenvalue weighted by molar-refractivity contribution is 9.09. The van der Waals surface area contributed by atoms with Crippen LogP contribution in [0.1, 0.15) is 43.2 Å². The second kappa shape index (κ2) is 10.4. The number of halogens is 1. The van der Waals surface area contributed by atoms with Gasteiger partial charge < -0.3 is 19.7 Å². The normalized spacial score (nSPS) is 14.1. The van der Waals surface area contributed by atoms with Gasteiger partial charge in [-0.2, -0.15) is 0 Å². The molecule has 1 heterocycles. The summed E-state index contributed by atoms with van der Waals surface area (Å²) >= 11 is 3.44. The molecule has 0 fully saturated rings. The number of fused-ring (bicyclic) bond motifs is 1. The van der Waals surface area contributed by atoms with E-state index in [1.165, 1.54) is 0 Å². The van der Waals surface area contributed by atoms with Crippen LogP contribution in [0.15, 0.2) is 24.8 Å².